The predicted octanol–water partition coefficient (Wildman–Crippen LogP) is 2.53. The minimum absolute atomic E-state index is 0.0231. The lowest BCUT2D eigenvalue weighted by Crippen LogP contribution is -2.51. The number of carbonyl (C=O) groups excluding carboxylic acids is 2. The van der Waals surface area contributed by atoms with Crippen molar-refractivity contribution in [2.24, 2.45) is 0 Å². The van der Waals surface area contributed by atoms with Gasteiger partial charge in [-0.25, -0.2) is 4.39 Å². The summed E-state index contributed by atoms with van der Waals surface area (Å²) in [4.78, 5) is 30.2. The Morgan fingerprint density at radius 2 is 1.62 bits per heavy atom. The molecule has 2 aromatic carbocycles. The van der Waals surface area contributed by atoms with Gasteiger partial charge in [-0.05, 0) is 42.0 Å². The number of benzene rings is 2. The molecule has 29 heavy (non-hydrogen) atoms. The number of methoxy groups -OCH3 is 1. The molecule has 0 bridgehead atoms. The van der Waals surface area contributed by atoms with Gasteiger partial charge in [0.15, 0.2) is 0 Å². The Balaban J connectivity index is 1.54. The topological polar surface area (TPSA) is 53.1 Å². The van der Waals surface area contributed by atoms with Crippen LogP contribution in [0.3, 0.4) is 0 Å². The molecule has 1 aliphatic heterocycles. The molecule has 0 aliphatic carbocycles. The summed E-state index contributed by atoms with van der Waals surface area (Å²) in [6.45, 7) is 4.42. The van der Waals surface area contributed by atoms with Gasteiger partial charge >= 0.3 is 0 Å². The zero-order valence-electron chi connectivity index (χ0n) is 16.8. The molecule has 1 heterocycles. The highest BCUT2D eigenvalue weighted by molar-refractivity contribution is 5.84. The van der Waals surface area contributed by atoms with Crippen LogP contribution >= 0.6 is 0 Å². The minimum Gasteiger partial charge on any atom is -0.497 e. The predicted molar refractivity (Wildman–Crippen MR) is 109 cm³/mol. The van der Waals surface area contributed by atoms with E-state index in [1.807, 2.05) is 24.3 Å². The molecule has 0 saturated carbocycles. The zero-order valence-corrected chi connectivity index (χ0v) is 16.8. The van der Waals surface area contributed by atoms with E-state index in [1.165, 1.54) is 24.0 Å². The molecule has 1 fully saturated rings. The summed E-state index contributed by atoms with van der Waals surface area (Å²) in [7, 11) is 1.64. The fraction of sp³-hybridized carbons (Fsp3) is 0.364. The first-order valence-electron chi connectivity index (χ1n) is 9.63. The summed E-state index contributed by atoms with van der Waals surface area (Å²) in [6, 6.07) is 13.8. The lowest BCUT2D eigenvalue weighted by Gasteiger charge is -2.37. The van der Waals surface area contributed by atoms with E-state index in [-0.39, 0.29) is 30.7 Å². The molecule has 154 valence electrons. The number of hydrogen-bond acceptors (Lipinski definition) is 4. The van der Waals surface area contributed by atoms with Crippen LogP contribution in [0.5, 0.6) is 5.75 Å². The molecule has 1 saturated heterocycles. The summed E-state index contributed by atoms with van der Waals surface area (Å²) in [6.07, 6.45) is 0. The van der Waals surface area contributed by atoms with Crippen molar-refractivity contribution < 1.29 is 18.7 Å². The Hall–Kier alpha value is -3.09. The third kappa shape index (κ3) is 5.47. The Bertz CT molecular complexity index is 831. The second kappa shape index (κ2) is 9.41. The molecule has 0 atom stereocenters. The molecule has 7 heteroatoms. The van der Waals surface area contributed by atoms with Crippen molar-refractivity contribution >= 4 is 17.5 Å². The molecule has 2 aromatic rings. The van der Waals surface area contributed by atoms with Crippen LogP contribution in [-0.2, 0) is 16.1 Å². The molecule has 2 amide bonds. The maximum absolute atomic E-state index is 13.1. The van der Waals surface area contributed by atoms with Crippen LogP contribution in [0, 0.1) is 5.82 Å². The fourth-order valence-corrected chi connectivity index (χ4v) is 3.36. The van der Waals surface area contributed by atoms with E-state index in [4.69, 9.17) is 4.74 Å². The summed E-state index contributed by atoms with van der Waals surface area (Å²) in [5, 5.41) is 0. The number of ether oxygens (including phenoxy) is 1. The number of anilines is 1. The third-order valence-electron chi connectivity index (χ3n) is 5.13. The van der Waals surface area contributed by atoms with Crippen LogP contribution in [0.25, 0.3) is 0 Å². The average molecular weight is 399 g/mol. The largest absolute Gasteiger partial charge is 0.497 e. The van der Waals surface area contributed by atoms with E-state index in [0.717, 1.165) is 30.1 Å². The lowest BCUT2D eigenvalue weighted by molar-refractivity contribution is -0.140. The Morgan fingerprint density at radius 3 is 2.17 bits per heavy atom. The summed E-state index contributed by atoms with van der Waals surface area (Å²) < 4.78 is 18.3. The van der Waals surface area contributed by atoms with Crippen LogP contribution in [0.1, 0.15) is 12.5 Å². The first-order valence-corrected chi connectivity index (χ1v) is 9.63. The van der Waals surface area contributed by atoms with Crippen LogP contribution in [0.15, 0.2) is 48.5 Å². The normalized spacial score (nSPS) is 13.9. The van der Waals surface area contributed by atoms with E-state index in [9.17, 15) is 14.0 Å². The smallest absolute Gasteiger partial charge is 0.242 e. The summed E-state index contributed by atoms with van der Waals surface area (Å²) in [5.41, 5.74) is 1.89. The molecule has 0 N–H and O–H groups in total. The molecule has 6 nitrogen and oxygen atoms in total. The van der Waals surface area contributed by atoms with Crippen molar-refractivity contribution in [3.05, 3.63) is 59.9 Å². The summed E-state index contributed by atoms with van der Waals surface area (Å²) in [5.74, 6) is 0.234. The van der Waals surface area contributed by atoms with E-state index in [1.54, 1.807) is 24.1 Å². The standard InChI is InChI=1S/C22H26FN3O3/c1-17(27)26(15-18-3-5-19(23)6-4-18)16-22(28)25-13-11-24(12-14-25)20-7-9-21(29-2)10-8-20/h3-10H,11-16H2,1-2H3. The molecule has 0 unspecified atom stereocenters. The van der Waals surface area contributed by atoms with Gasteiger partial charge in [-0.2, -0.15) is 0 Å². The number of piperazine rings is 1. The quantitative estimate of drug-likeness (QED) is 0.749. The van der Waals surface area contributed by atoms with Crippen LogP contribution in [0.4, 0.5) is 10.1 Å². The monoisotopic (exact) mass is 399 g/mol. The maximum atomic E-state index is 13.1. The maximum Gasteiger partial charge on any atom is 0.242 e. The molecule has 3 rings (SSSR count). The van der Waals surface area contributed by atoms with E-state index >= 15 is 0 Å². The first-order chi connectivity index (χ1) is 14.0. The number of amides is 2. The van der Waals surface area contributed by atoms with Crippen molar-refractivity contribution in [3.63, 3.8) is 0 Å². The minimum atomic E-state index is -0.325. The Kier molecular flexibility index (Phi) is 6.69. The van der Waals surface area contributed by atoms with Crippen molar-refractivity contribution in [1.82, 2.24) is 9.80 Å². The third-order valence-corrected chi connectivity index (χ3v) is 5.13. The van der Waals surface area contributed by atoms with Crippen molar-refractivity contribution in [3.8, 4) is 5.75 Å². The molecule has 1 aliphatic rings. The van der Waals surface area contributed by atoms with Gasteiger partial charge in [0.1, 0.15) is 18.1 Å². The number of halogens is 1. The van der Waals surface area contributed by atoms with Gasteiger partial charge in [0, 0.05) is 45.3 Å². The van der Waals surface area contributed by atoms with E-state index in [2.05, 4.69) is 4.90 Å². The highest BCUT2D eigenvalue weighted by Gasteiger charge is 2.24. The zero-order chi connectivity index (χ0) is 20.8. The van der Waals surface area contributed by atoms with Crippen molar-refractivity contribution in [2.75, 3.05) is 44.7 Å². The molecule has 0 radical (unpaired) electrons. The average Bonchev–Trinajstić information content (AvgIpc) is 2.75. The highest BCUT2D eigenvalue weighted by Crippen LogP contribution is 2.20. The van der Waals surface area contributed by atoms with Crippen LogP contribution in [-0.4, -0.2) is 61.4 Å². The van der Waals surface area contributed by atoms with Crippen LogP contribution < -0.4 is 9.64 Å². The summed E-state index contributed by atoms with van der Waals surface area (Å²) >= 11 is 0. The number of carbonyl (C=O) groups is 2. The fourth-order valence-electron chi connectivity index (χ4n) is 3.36. The lowest BCUT2D eigenvalue weighted by atomic mass is 10.2. The van der Waals surface area contributed by atoms with Gasteiger partial charge in [-0.15, -0.1) is 0 Å². The molecular formula is C22H26FN3O3. The van der Waals surface area contributed by atoms with Gasteiger partial charge < -0.3 is 19.4 Å². The van der Waals surface area contributed by atoms with Gasteiger partial charge in [0.25, 0.3) is 0 Å². The number of nitrogens with zero attached hydrogens (tertiary/aromatic N) is 3. The second-order valence-electron chi connectivity index (χ2n) is 7.07. The van der Waals surface area contributed by atoms with Crippen LogP contribution in [0.2, 0.25) is 0 Å². The Morgan fingerprint density at radius 1 is 1.00 bits per heavy atom. The SMILES string of the molecule is COc1ccc(N2CCN(C(=O)CN(Cc3ccc(F)cc3)C(C)=O)CC2)cc1. The Labute approximate surface area is 170 Å². The molecular weight excluding hydrogens is 373 g/mol. The number of rotatable bonds is 6. The van der Waals surface area contributed by atoms with E-state index in [0.29, 0.717) is 13.1 Å². The first kappa shape index (κ1) is 20.6. The number of hydrogen-bond donors (Lipinski definition) is 0. The van der Waals surface area contributed by atoms with Gasteiger partial charge in [-0.3, -0.25) is 9.59 Å². The van der Waals surface area contributed by atoms with Gasteiger partial charge in [-0.1, -0.05) is 12.1 Å². The second-order valence-corrected chi connectivity index (χ2v) is 7.07. The highest BCUT2D eigenvalue weighted by atomic mass is 19.1. The van der Waals surface area contributed by atoms with Gasteiger partial charge in [0.2, 0.25) is 11.8 Å². The van der Waals surface area contributed by atoms with Crippen molar-refractivity contribution in [1.29, 1.82) is 0 Å². The van der Waals surface area contributed by atoms with Crippen molar-refractivity contribution in [2.45, 2.75) is 13.5 Å². The molecule has 0 aromatic heterocycles. The molecule has 0 spiro atoms. The van der Waals surface area contributed by atoms with Gasteiger partial charge in [0.05, 0.1) is 7.11 Å². The van der Waals surface area contributed by atoms with E-state index < -0.39 is 0 Å².